The van der Waals surface area contributed by atoms with Crippen molar-refractivity contribution in [3.8, 4) is 0 Å². The number of piperidine rings is 1. The topological polar surface area (TPSA) is 41.1 Å². The smallest absolute Gasteiger partial charge is 0.237 e. The molecule has 2 unspecified atom stereocenters. The first-order valence-corrected chi connectivity index (χ1v) is 8.93. The number of halogens is 1. The molecule has 0 aromatic heterocycles. The van der Waals surface area contributed by atoms with E-state index in [1.165, 1.54) is 17.5 Å². The zero-order valence-corrected chi connectivity index (χ0v) is 15.3. The summed E-state index contributed by atoms with van der Waals surface area (Å²) < 4.78 is 0. The molecular formula is C21H27ClN2O. The van der Waals surface area contributed by atoms with Gasteiger partial charge in [-0.25, -0.2) is 0 Å². The van der Waals surface area contributed by atoms with Crippen LogP contribution in [0.2, 0.25) is 0 Å². The molecule has 25 heavy (non-hydrogen) atoms. The van der Waals surface area contributed by atoms with Crippen LogP contribution in [-0.2, 0) is 11.2 Å². The van der Waals surface area contributed by atoms with Crippen molar-refractivity contribution in [3.05, 3.63) is 71.8 Å². The third kappa shape index (κ3) is 5.87. The van der Waals surface area contributed by atoms with Gasteiger partial charge in [0.25, 0.3) is 0 Å². The Morgan fingerprint density at radius 3 is 2.36 bits per heavy atom. The summed E-state index contributed by atoms with van der Waals surface area (Å²) in [7, 11) is 0. The summed E-state index contributed by atoms with van der Waals surface area (Å²) in [6.45, 7) is 1.63. The van der Waals surface area contributed by atoms with Crippen molar-refractivity contribution >= 4 is 18.3 Å². The maximum absolute atomic E-state index is 12.4. The first-order chi connectivity index (χ1) is 11.8. The third-order valence-corrected chi connectivity index (χ3v) is 4.75. The summed E-state index contributed by atoms with van der Waals surface area (Å²) in [5.41, 5.74) is 2.58. The molecule has 0 radical (unpaired) electrons. The SMILES string of the molecule is Cl.O=C(NCC(Cc1ccccc1)c1ccccc1)C1CCCCN1. The van der Waals surface area contributed by atoms with E-state index in [0.29, 0.717) is 12.5 Å². The van der Waals surface area contributed by atoms with Gasteiger partial charge in [-0.05, 0) is 36.9 Å². The first kappa shape index (κ1) is 19.5. The predicted molar refractivity (Wildman–Crippen MR) is 105 cm³/mol. The molecule has 0 aliphatic carbocycles. The Hall–Kier alpha value is -1.84. The van der Waals surface area contributed by atoms with Crippen LogP contribution in [0.3, 0.4) is 0 Å². The lowest BCUT2D eigenvalue weighted by Gasteiger charge is -2.24. The van der Waals surface area contributed by atoms with Gasteiger partial charge in [0.1, 0.15) is 0 Å². The second-order valence-electron chi connectivity index (χ2n) is 6.54. The minimum absolute atomic E-state index is 0. The number of amides is 1. The molecule has 0 spiro atoms. The minimum atomic E-state index is -0.0214. The van der Waals surface area contributed by atoms with Crippen LogP contribution in [0.4, 0.5) is 0 Å². The van der Waals surface area contributed by atoms with Crippen LogP contribution in [0.5, 0.6) is 0 Å². The standard InChI is InChI=1S/C21H26N2O.ClH/c24-21(20-13-7-8-14-22-20)23-16-19(18-11-5-2-6-12-18)15-17-9-3-1-4-10-17;/h1-6,9-12,19-20,22H,7-8,13-16H2,(H,23,24);1H. The monoisotopic (exact) mass is 358 g/mol. The lowest BCUT2D eigenvalue weighted by Crippen LogP contribution is -2.47. The van der Waals surface area contributed by atoms with Crippen LogP contribution < -0.4 is 10.6 Å². The Balaban J connectivity index is 0.00000225. The van der Waals surface area contributed by atoms with E-state index in [1.54, 1.807) is 0 Å². The molecule has 2 atom stereocenters. The molecule has 0 saturated carbocycles. The van der Waals surface area contributed by atoms with E-state index >= 15 is 0 Å². The summed E-state index contributed by atoms with van der Waals surface area (Å²) in [4.78, 5) is 12.4. The van der Waals surface area contributed by atoms with Gasteiger partial charge in [0.2, 0.25) is 5.91 Å². The van der Waals surface area contributed by atoms with Crippen LogP contribution in [-0.4, -0.2) is 25.0 Å². The summed E-state index contributed by atoms with van der Waals surface area (Å²) in [5, 5.41) is 6.49. The minimum Gasteiger partial charge on any atom is -0.354 e. The maximum atomic E-state index is 12.4. The van der Waals surface area contributed by atoms with Crippen LogP contribution in [0.25, 0.3) is 0 Å². The third-order valence-electron chi connectivity index (χ3n) is 4.75. The number of carbonyl (C=O) groups excluding carboxylic acids is 1. The molecule has 1 aliphatic rings. The van der Waals surface area contributed by atoms with E-state index in [4.69, 9.17) is 0 Å². The van der Waals surface area contributed by atoms with Crippen molar-refractivity contribution in [3.63, 3.8) is 0 Å². The molecule has 4 heteroatoms. The van der Waals surface area contributed by atoms with E-state index in [-0.39, 0.29) is 24.4 Å². The van der Waals surface area contributed by atoms with Gasteiger partial charge in [-0.2, -0.15) is 0 Å². The largest absolute Gasteiger partial charge is 0.354 e. The van der Waals surface area contributed by atoms with Crippen LogP contribution in [0, 0.1) is 0 Å². The lowest BCUT2D eigenvalue weighted by atomic mass is 9.91. The molecule has 1 aliphatic heterocycles. The molecule has 1 fully saturated rings. The van der Waals surface area contributed by atoms with E-state index in [9.17, 15) is 4.79 Å². The molecule has 2 aromatic carbocycles. The number of carbonyl (C=O) groups is 1. The average Bonchev–Trinajstić information content (AvgIpc) is 2.67. The van der Waals surface area contributed by atoms with Crippen LogP contribution in [0.15, 0.2) is 60.7 Å². The Morgan fingerprint density at radius 1 is 1.04 bits per heavy atom. The summed E-state index contributed by atoms with van der Waals surface area (Å²) in [6, 6.07) is 20.9. The lowest BCUT2D eigenvalue weighted by molar-refractivity contribution is -0.123. The maximum Gasteiger partial charge on any atom is 0.237 e. The van der Waals surface area contributed by atoms with Crippen LogP contribution in [0.1, 0.15) is 36.3 Å². The van der Waals surface area contributed by atoms with E-state index in [0.717, 1.165) is 25.8 Å². The van der Waals surface area contributed by atoms with Gasteiger partial charge in [-0.3, -0.25) is 4.79 Å². The van der Waals surface area contributed by atoms with Crippen molar-refractivity contribution < 1.29 is 4.79 Å². The fraction of sp³-hybridized carbons (Fsp3) is 0.381. The quantitative estimate of drug-likeness (QED) is 0.826. The van der Waals surface area contributed by atoms with Gasteiger partial charge < -0.3 is 10.6 Å². The fourth-order valence-corrected chi connectivity index (χ4v) is 3.35. The highest BCUT2D eigenvalue weighted by atomic mass is 35.5. The Kier molecular flexibility index (Phi) is 7.96. The predicted octanol–water partition coefficient (Wildman–Crippen LogP) is 3.69. The second kappa shape index (κ2) is 10.2. The highest BCUT2D eigenvalue weighted by molar-refractivity contribution is 5.85. The Labute approximate surface area is 156 Å². The first-order valence-electron chi connectivity index (χ1n) is 8.93. The van der Waals surface area contributed by atoms with Crippen molar-refractivity contribution in [1.29, 1.82) is 0 Å². The van der Waals surface area contributed by atoms with Gasteiger partial charge in [-0.15, -0.1) is 12.4 Å². The molecular weight excluding hydrogens is 332 g/mol. The number of nitrogens with one attached hydrogen (secondary N) is 2. The molecule has 1 heterocycles. The highest BCUT2D eigenvalue weighted by Crippen LogP contribution is 2.20. The zero-order valence-electron chi connectivity index (χ0n) is 14.5. The van der Waals surface area contributed by atoms with E-state index in [2.05, 4.69) is 59.2 Å². The Morgan fingerprint density at radius 2 is 1.72 bits per heavy atom. The second-order valence-corrected chi connectivity index (χ2v) is 6.54. The number of benzene rings is 2. The molecule has 3 nitrogen and oxygen atoms in total. The van der Waals surface area contributed by atoms with Crippen molar-refractivity contribution in [2.24, 2.45) is 0 Å². The molecule has 1 saturated heterocycles. The van der Waals surface area contributed by atoms with Gasteiger partial charge in [0.15, 0.2) is 0 Å². The molecule has 2 aromatic rings. The van der Waals surface area contributed by atoms with Crippen molar-refractivity contribution in [1.82, 2.24) is 10.6 Å². The summed E-state index contributed by atoms with van der Waals surface area (Å²) in [5.74, 6) is 0.435. The molecule has 2 N–H and O–H groups in total. The fourth-order valence-electron chi connectivity index (χ4n) is 3.35. The number of hydrogen-bond donors (Lipinski definition) is 2. The van der Waals surface area contributed by atoms with Gasteiger partial charge in [0.05, 0.1) is 6.04 Å². The normalized spacial score (nSPS) is 18.0. The Bertz CT molecular complexity index is 627. The molecule has 3 rings (SSSR count). The highest BCUT2D eigenvalue weighted by Gasteiger charge is 2.21. The van der Waals surface area contributed by atoms with Gasteiger partial charge in [-0.1, -0.05) is 67.1 Å². The van der Waals surface area contributed by atoms with Gasteiger partial charge in [0, 0.05) is 12.5 Å². The molecule has 0 bridgehead atoms. The van der Waals surface area contributed by atoms with Crippen molar-refractivity contribution in [2.75, 3.05) is 13.1 Å². The number of rotatable bonds is 6. The van der Waals surface area contributed by atoms with Crippen molar-refractivity contribution in [2.45, 2.75) is 37.6 Å². The van der Waals surface area contributed by atoms with Gasteiger partial charge >= 0.3 is 0 Å². The zero-order chi connectivity index (χ0) is 16.6. The summed E-state index contributed by atoms with van der Waals surface area (Å²) in [6.07, 6.45) is 4.19. The van der Waals surface area contributed by atoms with Crippen LogP contribution >= 0.6 is 12.4 Å². The van der Waals surface area contributed by atoms with E-state index in [1.807, 2.05) is 12.1 Å². The number of hydrogen-bond acceptors (Lipinski definition) is 2. The molecule has 1 amide bonds. The average molecular weight is 359 g/mol. The van der Waals surface area contributed by atoms with E-state index < -0.39 is 0 Å². The summed E-state index contributed by atoms with van der Waals surface area (Å²) >= 11 is 0. The molecule has 134 valence electrons.